The van der Waals surface area contributed by atoms with Crippen molar-refractivity contribution in [1.29, 1.82) is 0 Å². The van der Waals surface area contributed by atoms with Crippen LogP contribution in [0.2, 0.25) is 0 Å². The molecule has 0 radical (unpaired) electrons. The van der Waals surface area contributed by atoms with E-state index < -0.39 is 0 Å². The number of nitrogens with zero attached hydrogens (tertiary/aromatic N) is 1. The number of aliphatic hydroxyl groups excluding tert-OH is 1. The van der Waals surface area contributed by atoms with Crippen LogP contribution in [-0.2, 0) is 0 Å². The van der Waals surface area contributed by atoms with E-state index in [0.29, 0.717) is 12.0 Å². The Balaban J connectivity index is 1.91. The van der Waals surface area contributed by atoms with Crippen molar-refractivity contribution in [3.05, 3.63) is 22.4 Å². The van der Waals surface area contributed by atoms with Gasteiger partial charge in [-0.05, 0) is 44.2 Å². The second-order valence-corrected chi connectivity index (χ2v) is 6.58. The normalized spacial score (nSPS) is 27.1. The maximum Gasteiger partial charge on any atom is 0.0580 e. The molecule has 0 amide bonds. The summed E-state index contributed by atoms with van der Waals surface area (Å²) in [7, 11) is 2.18. The summed E-state index contributed by atoms with van der Waals surface area (Å²) >= 11 is 1.82. The Kier molecular flexibility index (Phi) is 5.22. The zero-order valence-corrected chi connectivity index (χ0v) is 12.3. The third-order valence-electron chi connectivity index (χ3n) is 4.26. The minimum atomic E-state index is -0.0921. The first-order chi connectivity index (χ1) is 8.68. The van der Waals surface area contributed by atoms with Crippen molar-refractivity contribution in [2.75, 3.05) is 13.6 Å². The molecule has 3 heteroatoms. The maximum atomic E-state index is 10.2. The fraction of sp³-hybridized carbons (Fsp3) is 0.733. The van der Waals surface area contributed by atoms with Crippen LogP contribution in [0.1, 0.15) is 49.9 Å². The van der Waals surface area contributed by atoms with Crippen molar-refractivity contribution in [2.24, 2.45) is 5.92 Å². The van der Waals surface area contributed by atoms with Gasteiger partial charge in [0, 0.05) is 17.5 Å². The van der Waals surface area contributed by atoms with E-state index >= 15 is 0 Å². The summed E-state index contributed by atoms with van der Waals surface area (Å²) in [5, 5.41) is 12.3. The van der Waals surface area contributed by atoms with E-state index in [4.69, 9.17) is 0 Å². The molecule has 1 aromatic rings. The van der Waals surface area contributed by atoms with Gasteiger partial charge in [-0.15, -0.1) is 11.3 Å². The highest BCUT2D eigenvalue weighted by Crippen LogP contribution is 2.28. The molecule has 1 heterocycles. The Morgan fingerprint density at radius 1 is 1.39 bits per heavy atom. The van der Waals surface area contributed by atoms with Crippen LogP contribution in [0.5, 0.6) is 0 Å². The molecule has 1 N–H and O–H groups in total. The molecule has 1 aromatic heterocycles. The van der Waals surface area contributed by atoms with Crippen LogP contribution in [0.4, 0.5) is 0 Å². The van der Waals surface area contributed by atoms with Gasteiger partial charge in [-0.1, -0.05) is 25.3 Å². The van der Waals surface area contributed by atoms with Gasteiger partial charge in [0.2, 0.25) is 0 Å². The van der Waals surface area contributed by atoms with Gasteiger partial charge >= 0.3 is 0 Å². The van der Waals surface area contributed by atoms with Crippen molar-refractivity contribution in [3.63, 3.8) is 0 Å². The van der Waals surface area contributed by atoms with Gasteiger partial charge in [0.25, 0.3) is 0 Å². The third-order valence-corrected chi connectivity index (χ3v) is 5.30. The lowest BCUT2D eigenvalue weighted by Crippen LogP contribution is -2.33. The van der Waals surface area contributed by atoms with E-state index in [1.54, 1.807) is 0 Å². The standard InChI is InChI=1S/C15H25NOS/c1-12(15-9-6-10-18-15)16(2)11-13-7-4-3-5-8-14(13)17/h6,9-10,12-14,17H,3-5,7-8,11H2,1-2H3. The Bertz CT molecular complexity index is 338. The molecule has 1 saturated carbocycles. The van der Waals surface area contributed by atoms with Crippen molar-refractivity contribution in [1.82, 2.24) is 4.90 Å². The van der Waals surface area contributed by atoms with Crippen LogP contribution in [0, 0.1) is 5.92 Å². The summed E-state index contributed by atoms with van der Waals surface area (Å²) in [5.74, 6) is 0.458. The summed E-state index contributed by atoms with van der Waals surface area (Å²) < 4.78 is 0. The fourth-order valence-corrected chi connectivity index (χ4v) is 3.70. The van der Waals surface area contributed by atoms with Gasteiger partial charge < -0.3 is 5.11 Å². The van der Waals surface area contributed by atoms with Crippen LogP contribution in [-0.4, -0.2) is 29.7 Å². The monoisotopic (exact) mass is 267 g/mol. The Morgan fingerprint density at radius 2 is 2.17 bits per heavy atom. The van der Waals surface area contributed by atoms with Crippen LogP contribution in [0.25, 0.3) is 0 Å². The zero-order chi connectivity index (χ0) is 13.0. The summed E-state index contributed by atoms with van der Waals surface area (Å²) in [5.41, 5.74) is 0. The first kappa shape index (κ1) is 14.0. The van der Waals surface area contributed by atoms with Crippen LogP contribution < -0.4 is 0 Å². The number of hydrogen-bond acceptors (Lipinski definition) is 3. The topological polar surface area (TPSA) is 23.5 Å². The Labute approximate surface area is 115 Å². The van der Waals surface area contributed by atoms with E-state index in [-0.39, 0.29) is 6.10 Å². The second kappa shape index (κ2) is 6.69. The molecule has 2 rings (SSSR count). The molecule has 18 heavy (non-hydrogen) atoms. The molecule has 3 unspecified atom stereocenters. The summed E-state index contributed by atoms with van der Waals surface area (Å²) in [6.45, 7) is 3.27. The first-order valence-electron chi connectivity index (χ1n) is 7.10. The van der Waals surface area contributed by atoms with Gasteiger partial charge in [0.1, 0.15) is 0 Å². The van der Waals surface area contributed by atoms with Gasteiger partial charge in [0.05, 0.1) is 6.10 Å². The molecule has 1 fully saturated rings. The fourth-order valence-electron chi connectivity index (χ4n) is 2.85. The molecule has 2 nitrogen and oxygen atoms in total. The lowest BCUT2D eigenvalue weighted by molar-refractivity contribution is 0.0715. The molecular weight excluding hydrogens is 242 g/mol. The highest BCUT2D eigenvalue weighted by atomic mass is 32.1. The zero-order valence-electron chi connectivity index (χ0n) is 11.5. The predicted octanol–water partition coefficient (Wildman–Crippen LogP) is 3.68. The molecule has 1 aliphatic carbocycles. The SMILES string of the molecule is CC(c1cccs1)N(C)CC1CCCCCC1O. The van der Waals surface area contributed by atoms with Crippen molar-refractivity contribution >= 4 is 11.3 Å². The molecular formula is C15H25NOS. The van der Waals surface area contributed by atoms with Crippen molar-refractivity contribution in [3.8, 4) is 0 Å². The molecule has 0 bridgehead atoms. The average molecular weight is 267 g/mol. The number of thiophene rings is 1. The average Bonchev–Trinajstić information content (AvgIpc) is 2.82. The summed E-state index contributed by atoms with van der Waals surface area (Å²) in [6.07, 6.45) is 5.85. The van der Waals surface area contributed by atoms with Gasteiger partial charge in [-0.2, -0.15) is 0 Å². The summed E-state index contributed by atoms with van der Waals surface area (Å²) in [4.78, 5) is 3.81. The number of aliphatic hydroxyl groups is 1. The highest BCUT2D eigenvalue weighted by molar-refractivity contribution is 7.10. The van der Waals surface area contributed by atoms with Crippen LogP contribution in [0.3, 0.4) is 0 Å². The molecule has 0 aromatic carbocycles. The number of rotatable bonds is 4. The van der Waals surface area contributed by atoms with Crippen molar-refractivity contribution < 1.29 is 5.11 Å². The van der Waals surface area contributed by atoms with Crippen LogP contribution >= 0.6 is 11.3 Å². The van der Waals surface area contributed by atoms with E-state index in [1.807, 2.05) is 11.3 Å². The smallest absolute Gasteiger partial charge is 0.0580 e. The molecule has 102 valence electrons. The summed E-state index contributed by atoms with van der Waals surface area (Å²) in [6, 6.07) is 4.78. The minimum absolute atomic E-state index is 0.0921. The molecule has 0 spiro atoms. The molecule has 3 atom stereocenters. The van der Waals surface area contributed by atoms with E-state index in [1.165, 1.54) is 30.6 Å². The lowest BCUT2D eigenvalue weighted by atomic mass is 9.96. The Hall–Kier alpha value is -0.380. The first-order valence-corrected chi connectivity index (χ1v) is 7.98. The molecule has 0 aliphatic heterocycles. The highest BCUT2D eigenvalue weighted by Gasteiger charge is 2.24. The lowest BCUT2D eigenvalue weighted by Gasteiger charge is -2.30. The largest absolute Gasteiger partial charge is 0.393 e. The molecule has 0 saturated heterocycles. The third kappa shape index (κ3) is 3.56. The van der Waals surface area contributed by atoms with Gasteiger partial charge in [-0.25, -0.2) is 0 Å². The van der Waals surface area contributed by atoms with E-state index in [2.05, 4.69) is 36.4 Å². The predicted molar refractivity (Wildman–Crippen MR) is 77.9 cm³/mol. The van der Waals surface area contributed by atoms with Crippen molar-refractivity contribution in [2.45, 2.75) is 51.2 Å². The molecule has 1 aliphatic rings. The quantitative estimate of drug-likeness (QED) is 0.841. The Morgan fingerprint density at radius 3 is 2.89 bits per heavy atom. The number of hydrogen-bond donors (Lipinski definition) is 1. The van der Waals surface area contributed by atoms with E-state index in [9.17, 15) is 5.11 Å². The van der Waals surface area contributed by atoms with Gasteiger partial charge in [0.15, 0.2) is 0 Å². The maximum absolute atomic E-state index is 10.2. The minimum Gasteiger partial charge on any atom is -0.393 e. The van der Waals surface area contributed by atoms with E-state index in [0.717, 1.165) is 13.0 Å². The van der Waals surface area contributed by atoms with Crippen LogP contribution in [0.15, 0.2) is 17.5 Å². The van der Waals surface area contributed by atoms with Gasteiger partial charge in [-0.3, -0.25) is 4.90 Å². The second-order valence-electron chi connectivity index (χ2n) is 5.60.